The van der Waals surface area contributed by atoms with Crippen molar-refractivity contribution in [1.82, 2.24) is 14.6 Å². The average Bonchev–Trinajstić information content (AvgIpc) is 4.03. The number of pyridine rings is 1. The van der Waals surface area contributed by atoms with E-state index in [-0.39, 0.29) is 43.4 Å². The number of hydrogen-bond acceptors (Lipinski definition) is 10. The summed E-state index contributed by atoms with van der Waals surface area (Å²) in [5, 5.41) is 0.930. The lowest BCUT2D eigenvalue weighted by molar-refractivity contribution is -0.159. The van der Waals surface area contributed by atoms with Crippen LogP contribution in [0.1, 0.15) is 123 Å². The number of fused-ring (bicyclic) bond motifs is 5. The van der Waals surface area contributed by atoms with Gasteiger partial charge in [-0.1, -0.05) is 31.9 Å². The summed E-state index contributed by atoms with van der Waals surface area (Å²) in [5.41, 5.74) is -0.268. The number of amides is 2. The van der Waals surface area contributed by atoms with E-state index in [4.69, 9.17) is 19.2 Å². The molecule has 304 valence electrons. The maximum atomic E-state index is 14.9. The maximum absolute atomic E-state index is 14.9. The summed E-state index contributed by atoms with van der Waals surface area (Å²) in [7, 11) is -2.32. The van der Waals surface area contributed by atoms with Gasteiger partial charge in [-0.05, 0) is 110 Å². The predicted molar refractivity (Wildman–Crippen MR) is 211 cm³/mol. The Bertz CT molecular complexity index is 2070. The Morgan fingerprint density at radius 2 is 1.86 bits per heavy atom. The standard InChI is InChI=1S/C43H57N3O9S/c1-7-32-37-30(31-22-29(53-6)15-16-33(31)44-32)17-18-42(55-37)24-34-35(47)25-43(39(50)45-56(51,52)41(5)19-20-41)23-28(43)14-12-10-8-9-11-13-27(38(49)46(34)26-42)21-36(48)54-40(2,3)4/h12,14-16,22,27-28,34H,7-11,13,17-21,23-26H2,1-6H3,(H,45,50)/b14-12-/t27-,28-,34+,42-,43-/m1/s1. The van der Waals surface area contributed by atoms with Gasteiger partial charge in [0, 0.05) is 29.7 Å². The molecule has 1 spiro atoms. The zero-order valence-electron chi connectivity index (χ0n) is 33.7. The van der Waals surface area contributed by atoms with Crippen molar-refractivity contribution < 1.29 is 41.8 Å². The van der Waals surface area contributed by atoms with Crippen LogP contribution in [0.3, 0.4) is 0 Å². The van der Waals surface area contributed by atoms with Gasteiger partial charge >= 0.3 is 5.97 Å². The third-order valence-electron chi connectivity index (χ3n) is 12.7. The van der Waals surface area contributed by atoms with Crippen LogP contribution < -0.4 is 14.2 Å². The molecule has 4 heterocycles. The van der Waals surface area contributed by atoms with E-state index in [1.807, 2.05) is 37.3 Å². The van der Waals surface area contributed by atoms with E-state index in [9.17, 15) is 27.6 Å². The highest BCUT2D eigenvalue weighted by atomic mass is 32.2. The smallest absolute Gasteiger partial charge is 0.307 e. The minimum absolute atomic E-state index is 0.118. The van der Waals surface area contributed by atoms with Crippen LogP contribution in [0.15, 0.2) is 30.4 Å². The number of sulfonamides is 1. The van der Waals surface area contributed by atoms with Gasteiger partial charge < -0.3 is 19.1 Å². The number of benzene rings is 1. The molecule has 2 aromatic rings. The van der Waals surface area contributed by atoms with Crippen molar-refractivity contribution in [2.75, 3.05) is 13.7 Å². The highest BCUT2D eigenvalue weighted by Crippen LogP contribution is 2.58. The minimum Gasteiger partial charge on any atom is -0.497 e. The van der Waals surface area contributed by atoms with Gasteiger partial charge in [0.1, 0.15) is 22.7 Å². The molecule has 0 radical (unpaired) electrons. The SMILES string of the molecule is CCc1nc2ccc(OC)cc2c2c1O[C@]1(CC2)C[C@H]2C(=O)C[C@]3(C(=O)NS(=O)(=O)C4(C)CC4)C[C@H]3/C=C\CCCCC[C@H](CC(=O)OC(C)(C)C)C(=O)N2C1. The second-order valence-corrected chi connectivity index (χ2v) is 20.3. The van der Waals surface area contributed by atoms with Crippen molar-refractivity contribution >= 4 is 44.5 Å². The van der Waals surface area contributed by atoms with Gasteiger partial charge in [-0.15, -0.1) is 0 Å². The van der Waals surface area contributed by atoms with Gasteiger partial charge in [0.2, 0.25) is 21.8 Å². The minimum atomic E-state index is -3.94. The molecule has 2 aliphatic carbocycles. The van der Waals surface area contributed by atoms with Crippen LogP contribution in [-0.4, -0.2) is 77.5 Å². The number of rotatable bonds is 7. The molecule has 12 nitrogen and oxygen atoms in total. The topological polar surface area (TPSA) is 158 Å². The molecule has 2 amide bonds. The van der Waals surface area contributed by atoms with E-state index in [1.165, 1.54) is 0 Å². The van der Waals surface area contributed by atoms with Crippen molar-refractivity contribution in [3.8, 4) is 11.5 Å². The van der Waals surface area contributed by atoms with Gasteiger partial charge in [0.25, 0.3) is 0 Å². The zero-order valence-corrected chi connectivity index (χ0v) is 34.5. The molecule has 13 heteroatoms. The number of nitrogens with zero attached hydrogens (tertiary/aromatic N) is 2. The number of ether oxygens (including phenoxy) is 3. The maximum Gasteiger partial charge on any atom is 0.307 e. The number of aryl methyl sites for hydroxylation is 2. The fourth-order valence-electron chi connectivity index (χ4n) is 9.00. The van der Waals surface area contributed by atoms with Crippen LogP contribution in [0, 0.1) is 17.3 Å². The van der Waals surface area contributed by atoms with Gasteiger partial charge in [-0.2, -0.15) is 0 Å². The number of hydrogen-bond donors (Lipinski definition) is 1. The Morgan fingerprint density at radius 1 is 1.09 bits per heavy atom. The number of ketones is 1. The second-order valence-electron chi connectivity index (χ2n) is 18.1. The summed E-state index contributed by atoms with van der Waals surface area (Å²) >= 11 is 0. The number of allylic oxidation sites excluding steroid dienone is 2. The summed E-state index contributed by atoms with van der Waals surface area (Å²) in [6, 6.07) is 4.84. The number of carbonyl (C=O) groups excluding carboxylic acids is 4. The van der Waals surface area contributed by atoms with E-state index in [1.54, 1.807) is 39.7 Å². The monoisotopic (exact) mass is 791 g/mol. The molecule has 3 fully saturated rings. The van der Waals surface area contributed by atoms with Crippen molar-refractivity contribution in [2.24, 2.45) is 17.3 Å². The molecular weight excluding hydrogens is 735 g/mol. The highest BCUT2D eigenvalue weighted by molar-refractivity contribution is 7.91. The number of carbonyl (C=O) groups is 4. The summed E-state index contributed by atoms with van der Waals surface area (Å²) in [4.78, 5) is 63.6. The fourth-order valence-corrected chi connectivity index (χ4v) is 10.3. The molecule has 1 saturated heterocycles. The van der Waals surface area contributed by atoms with Gasteiger partial charge in [-0.25, -0.2) is 13.4 Å². The largest absolute Gasteiger partial charge is 0.497 e. The summed E-state index contributed by atoms with van der Waals surface area (Å²) < 4.78 is 46.1. The number of methoxy groups -OCH3 is 1. The molecule has 1 aromatic heterocycles. The van der Waals surface area contributed by atoms with Gasteiger partial charge in [0.15, 0.2) is 5.78 Å². The molecule has 3 aliphatic heterocycles. The highest BCUT2D eigenvalue weighted by Gasteiger charge is 2.63. The van der Waals surface area contributed by atoms with E-state index >= 15 is 0 Å². The van der Waals surface area contributed by atoms with Crippen molar-refractivity contribution in [1.29, 1.82) is 0 Å². The number of esters is 1. The zero-order chi connectivity index (χ0) is 40.3. The lowest BCUT2D eigenvalue weighted by Crippen LogP contribution is -2.48. The summed E-state index contributed by atoms with van der Waals surface area (Å²) in [6.45, 7) is 9.15. The molecular formula is C43H57N3O9S. The van der Waals surface area contributed by atoms with Crippen molar-refractivity contribution in [3.63, 3.8) is 0 Å². The van der Waals surface area contributed by atoms with Gasteiger partial charge in [-0.3, -0.25) is 23.9 Å². The molecule has 1 aromatic carbocycles. The van der Waals surface area contributed by atoms with Crippen molar-refractivity contribution in [3.05, 3.63) is 41.6 Å². The molecule has 0 unspecified atom stereocenters. The van der Waals surface area contributed by atoms with E-state index in [0.717, 1.165) is 41.4 Å². The average molecular weight is 792 g/mol. The van der Waals surface area contributed by atoms with Crippen LogP contribution >= 0.6 is 0 Å². The number of nitrogens with one attached hydrogen (secondary N) is 1. The normalized spacial score (nSPS) is 29.5. The molecule has 5 aliphatic rings. The van der Waals surface area contributed by atoms with Crippen LogP contribution in [0.25, 0.3) is 10.9 Å². The first-order valence-electron chi connectivity index (χ1n) is 20.4. The first-order chi connectivity index (χ1) is 26.4. The molecule has 2 saturated carbocycles. The summed E-state index contributed by atoms with van der Waals surface area (Å²) in [5.74, 6) is -1.40. The number of Topliss-reactive ketones (excluding diaryl/α,β-unsaturated/α-hetero) is 1. The van der Waals surface area contributed by atoms with Crippen LogP contribution in [0.5, 0.6) is 11.5 Å². The van der Waals surface area contributed by atoms with Crippen LogP contribution in [0.2, 0.25) is 0 Å². The Balaban J connectivity index is 1.25. The van der Waals surface area contributed by atoms with Crippen LogP contribution in [0.4, 0.5) is 0 Å². The molecule has 1 N–H and O–H groups in total. The van der Waals surface area contributed by atoms with Crippen molar-refractivity contribution in [2.45, 2.75) is 147 Å². The number of aromatic nitrogens is 1. The van der Waals surface area contributed by atoms with Gasteiger partial charge in [0.05, 0.1) is 47.5 Å². The van der Waals surface area contributed by atoms with Crippen LogP contribution in [-0.2, 0) is 46.8 Å². The molecule has 0 bridgehead atoms. The Kier molecular flexibility index (Phi) is 10.6. The third kappa shape index (κ3) is 7.81. The first-order valence-corrected chi connectivity index (χ1v) is 21.9. The quantitative estimate of drug-likeness (QED) is 0.249. The molecule has 5 atom stereocenters. The molecule has 56 heavy (non-hydrogen) atoms. The van der Waals surface area contributed by atoms with E-state index < -0.39 is 55.2 Å². The second kappa shape index (κ2) is 14.7. The predicted octanol–water partition coefficient (Wildman–Crippen LogP) is 6.30. The fraction of sp³-hybridized carbons (Fsp3) is 0.651. The Hall–Kier alpha value is -4.00. The Morgan fingerprint density at radius 3 is 2.55 bits per heavy atom. The molecule has 7 rings (SSSR count). The lowest BCUT2D eigenvalue weighted by Gasteiger charge is -2.37. The van der Waals surface area contributed by atoms with E-state index in [2.05, 4.69) is 4.72 Å². The Labute approximate surface area is 330 Å². The lowest BCUT2D eigenvalue weighted by atomic mass is 9.85. The van der Waals surface area contributed by atoms with E-state index in [0.29, 0.717) is 62.9 Å². The summed E-state index contributed by atoms with van der Waals surface area (Å²) in [6.07, 6.45) is 10.5. The first kappa shape index (κ1) is 40.2. The third-order valence-corrected chi connectivity index (χ3v) is 14.9.